The Hall–Kier alpha value is -1.52. The van der Waals surface area contributed by atoms with Crippen LogP contribution in [0.15, 0.2) is 28.0 Å². The average Bonchev–Trinajstić information content (AvgIpc) is 2.33. The number of hydrogen-bond donors (Lipinski definition) is 0. The summed E-state index contributed by atoms with van der Waals surface area (Å²) in [6.45, 7) is 0. The minimum absolute atomic E-state index is 0.651. The topological polar surface area (TPSA) is 126 Å². The van der Waals surface area contributed by atoms with Gasteiger partial charge in [0.25, 0.3) is 5.69 Å². The van der Waals surface area contributed by atoms with Gasteiger partial charge in [0, 0.05) is 6.07 Å². The molecule has 0 unspecified atom stereocenters. The number of nitro groups is 1. The summed E-state index contributed by atoms with van der Waals surface area (Å²) in [7, 11) is -8.83. The molecule has 0 saturated carbocycles. The lowest BCUT2D eigenvalue weighted by molar-refractivity contribution is -0.388. The van der Waals surface area contributed by atoms with Crippen molar-refractivity contribution < 1.29 is 21.8 Å². The molecule has 10 heteroatoms. The third-order valence-electron chi connectivity index (χ3n) is 1.89. The van der Waals surface area contributed by atoms with E-state index < -0.39 is 40.4 Å². The molecule has 1 aromatic rings. The first-order valence-electron chi connectivity index (χ1n) is 3.77. The number of sulfonamides is 2. The van der Waals surface area contributed by atoms with Crippen LogP contribution in [0.2, 0.25) is 0 Å². The van der Waals surface area contributed by atoms with Crippen molar-refractivity contribution in [3.63, 3.8) is 0 Å². The van der Waals surface area contributed by atoms with E-state index in [9.17, 15) is 26.9 Å². The fourth-order valence-corrected chi connectivity index (χ4v) is 4.92. The lowest BCUT2D eigenvalue weighted by Gasteiger charge is -2.06. The number of benzene rings is 1. The normalized spacial score (nSPS) is 20.2. The predicted octanol–water partition coefficient (Wildman–Crippen LogP) is 0.360. The molecule has 1 aliphatic heterocycles. The van der Waals surface area contributed by atoms with E-state index in [4.69, 9.17) is 0 Å². The molecule has 0 aromatic heterocycles. The smallest absolute Gasteiger partial charge is 0.287 e. The van der Waals surface area contributed by atoms with Crippen molar-refractivity contribution in [1.29, 1.82) is 0 Å². The van der Waals surface area contributed by atoms with Crippen LogP contribution in [0, 0.1) is 10.1 Å². The van der Waals surface area contributed by atoms with E-state index in [1.54, 1.807) is 0 Å². The zero-order valence-electron chi connectivity index (χ0n) is 7.39. The molecular formula is C6H3N2O6S2-. The van der Waals surface area contributed by atoms with Gasteiger partial charge in [0.2, 0.25) is 0 Å². The molecule has 0 N–H and O–H groups in total. The molecule has 0 saturated heterocycles. The molecule has 1 aromatic carbocycles. The molecule has 8 nitrogen and oxygen atoms in total. The van der Waals surface area contributed by atoms with E-state index in [1.165, 1.54) is 0 Å². The van der Waals surface area contributed by atoms with Crippen LogP contribution < -0.4 is 0 Å². The van der Waals surface area contributed by atoms with E-state index in [2.05, 4.69) is 4.13 Å². The Morgan fingerprint density at radius 1 is 1.12 bits per heavy atom. The van der Waals surface area contributed by atoms with Gasteiger partial charge in [-0.15, -0.1) is 0 Å². The Bertz CT molecular complexity index is 690. The number of fused-ring (bicyclic) bond motifs is 1. The fourth-order valence-electron chi connectivity index (χ4n) is 1.32. The highest BCUT2D eigenvalue weighted by atomic mass is 32.3. The van der Waals surface area contributed by atoms with E-state index in [0.29, 0.717) is 0 Å². The Kier molecular flexibility index (Phi) is 2.05. The highest BCUT2D eigenvalue weighted by Gasteiger charge is 2.34. The zero-order chi connectivity index (χ0) is 12.1. The molecule has 0 radical (unpaired) electrons. The summed E-state index contributed by atoms with van der Waals surface area (Å²) < 4.78 is 47.8. The van der Waals surface area contributed by atoms with Crippen LogP contribution in [0.4, 0.5) is 5.69 Å². The molecule has 0 atom stereocenters. The van der Waals surface area contributed by atoms with Gasteiger partial charge in [-0.3, -0.25) is 10.1 Å². The monoisotopic (exact) mass is 263 g/mol. The van der Waals surface area contributed by atoms with Crippen LogP contribution in [-0.4, -0.2) is 21.8 Å². The minimum atomic E-state index is -4.49. The van der Waals surface area contributed by atoms with Crippen LogP contribution in [-0.2, 0) is 20.0 Å². The minimum Gasteiger partial charge on any atom is -0.427 e. The van der Waals surface area contributed by atoms with Crippen molar-refractivity contribution in [2.24, 2.45) is 0 Å². The highest BCUT2D eigenvalue weighted by Crippen LogP contribution is 2.42. The standard InChI is InChI=1S/C6H3N2O6S2/c9-8(10)4-2-1-3-5-6(4)16(13,14)7-15(5,11)12/h1-3H/q-1. The van der Waals surface area contributed by atoms with Crippen molar-refractivity contribution in [1.82, 2.24) is 0 Å². The third-order valence-corrected chi connectivity index (χ3v) is 5.43. The number of nitrogens with zero attached hydrogens (tertiary/aromatic N) is 2. The Morgan fingerprint density at radius 3 is 2.31 bits per heavy atom. The highest BCUT2D eigenvalue weighted by molar-refractivity contribution is 8.14. The van der Waals surface area contributed by atoms with Crippen molar-refractivity contribution in [3.8, 4) is 0 Å². The van der Waals surface area contributed by atoms with Gasteiger partial charge < -0.3 is 4.13 Å². The second-order valence-electron chi connectivity index (χ2n) is 2.89. The molecule has 0 bridgehead atoms. The van der Waals surface area contributed by atoms with Gasteiger partial charge in [-0.25, -0.2) is 16.8 Å². The maximum atomic E-state index is 11.3. The number of nitro benzene ring substituents is 1. The molecule has 1 heterocycles. The Morgan fingerprint density at radius 2 is 1.75 bits per heavy atom. The van der Waals surface area contributed by atoms with Crippen LogP contribution in [0.25, 0.3) is 4.13 Å². The van der Waals surface area contributed by atoms with Crippen molar-refractivity contribution >= 4 is 25.7 Å². The summed E-state index contributed by atoms with van der Waals surface area (Å²) in [6.07, 6.45) is 0. The molecule has 0 amide bonds. The van der Waals surface area contributed by atoms with Crippen molar-refractivity contribution in [3.05, 3.63) is 32.4 Å². The van der Waals surface area contributed by atoms with Crippen LogP contribution in [0.3, 0.4) is 0 Å². The summed E-state index contributed by atoms with van der Waals surface area (Å²) in [5.41, 5.74) is -0.790. The average molecular weight is 263 g/mol. The predicted molar refractivity (Wildman–Crippen MR) is 50.8 cm³/mol. The van der Waals surface area contributed by atoms with E-state index in [0.717, 1.165) is 18.2 Å². The summed E-state index contributed by atoms with van der Waals surface area (Å²) >= 11 is 0. The lowest BCUT2D eigenvalue weighted by atomic mass is 10.3. The van der Waals surface area contributed by atoms with Crippen LogP contribution in [0.1, 0.15) is 0 Å². The summed E-state index contributed by atoms with van der Waals surface area (Å²) in [4.78, 5) is 8.09. The largest absolute Gasteiger partial charge is 0.427 e. The molecular weight excluding hydrogens is 260 g/mol. The van der Waals surface area contributed by atoms with Crippen LogP contribution in [0.5, 0.6) is 0 Å². The molecule has 2 rings (SSSR count). The van der Waals surface area contributed by atoms with Gasteiger partial charge in [-0.05, 0) is 6.07 Å². The molecule has 16 heavy (non-hydrogen) atoms. The summed E-state index contributed by atoms with van der Waals surface area (Å²) in [6, 6.07) is 2.96. The first kappa shape index (κ1) is 11.0. The lowest BCUT2D eigenvalue weighted by Crippen LogP contribution is -1.99. The van der Waals surface area contributed by atoms with Gasteiger partial charge in [0.05, 0.1) is 9.82 Å². The van der Waals surface area contributed by atoms with Gasteiger partial charge in [0.1, 0.15) is 24.9 Å². The van der Waals surface area contributed by atoms with Crippen molar-refractivity contribution in [2.75, 3.05) is 0 Å². The van der Waals surface area contributed by atoms with Gasteiger partial charge in [-0.1, -0.05) is 6.07 Å². The Labute approximate surface area is 90.1 Å². The quantitative estimate of drug-likeness (QED) is 0.531. The second kappa shape index (κ2) is 2.99. The fraction of sp³-hybridized carbons (Fsp3) is 0. The molecule has 0 fully saturated rings. The van der Waals surface area contributed by atoms with Gasteiger partial charge >= 0.3 is 0 Å². The summed E-state index contributed by atoms with van der Waals surface area (Å²) in [5, 5.41) is 10.6. The molecule has 1 aliphatic rings. The molecule has 0 spiro atoms. The third kappa shape index (κ3) is 1.38. The number of hydrogen-bond acceptors (Lipinski definition) is 6. The van der Waals surface area contributed by atoms with E-state index >= 15 is 0 Å². The first-order valence-corrected chi connectivity index (χ1v) is 6.65. The second-order valence-corrected chi connectivity index (χ2v) is 6.23. The maximum Gasteiger partial charge on any atom is 0.287 e. The maximum absolute atomic E-state index is 11.3. The SMILES string of the molecule is O=[N+]([O-])c1cccc2c1S(=O)(=O)[N-]S2(=O)=O. The Balaban J connectivity index is 2.98. The van der Waals surface area contributed by atoms with Gasteiger partial charge in [0.15, 0.2) is 0 Å². The number of rotatable bonds is 1. The zero-order valence-corrected chi connectivity index (χ0v) is 9.03. The van der Waals surface area contributed by atoms with Crippen LogP contribution >= 0.6 is 0 Å². The van der Waals surface area contributed by atoms with E-state index in [-0.39, 0.29) is 0 Å². The van der Waals surface area contributed by atoms with E-state index in [1.807, 2.05) is 0 Å². The molecule has 0 aliphatic carbocycles. The summed E-state index contributed by atoms with van der Waals surface area (Å²) in [5.74, 6) is 0. The van der Waals surface area contributed by atoms with Crippen molar-refractivity contribution in [2.45, 2.75) is 9.79 Å². The van der Waals surface area contributed by atoms with Gasteiger partial charge in [-0.2, -0.15) is 0 Å². The molecule has 86 valence electrons. The first-order chi connectivity index (χ1) is 7.26.